The molecule has 0 amide bonds. The van der Waals surface area contributed by atoms with Gasteiger partial charge in [0.05, 0.1) is 11.7 Å². The largest absolute Gasteiger partial charge is 0.371 e. The second-order valence-corrected chi connectivity index (χ2v) is 5.31. The van der Waals surface area contributed by atoms with Gasteiger partial charge in [-0.1, -0.05) is 31.4 Å². The maximum Gasteiger partial charge on any atom is 0.0687 e. The molecule has 1 atom stereocenters. The van der Waals surface area contributed by atoms with E-state index in [4.69, 9.17) is 10.5 Å². The first-order chi connectivity index (χ1) is 7.85. The van der Waals surface area contributed by atoms with Crippen molar-refractivity contribution in [3.05, 3.63) is 12.2 Å². The van der Waals surface area contributed by atoms with Crippen LogP contribution in [0.15, 0.2) is 12.2 Å². The predicted molar refractivity (Wildman–Crippen MR) is 67.4 cm³/mol. The molecular formula is C14H25NO. The fraction of sp³-hybridized carbons (Fsp3) is 0.857. The summed E-state index contributed by atoms with van der Waals surface area (Å²) in [7, 11) is 0. The highest BCUT2D eigenvalue weighted by atomic mass is 16.5. The van der Waals surface area contributed by atoms with E-state index < -0.39 is 0 Å². The van der Waals surface area contributed by atoms with Crippen molar-refractivity contribution < 1.29 is 4.74 Å². The number of hydrogen-bond donors (Lipinski definition) is 1. The van der Waals surface area contributed by atoms with Crippen molar-refractivity contribution in [1.29, 1.82) is 0 Å². The maximum atomic E-state index is 6.29. The van der Waals surface area contributed by atoms with E-state index in [2.05, 4.69) is 12.2 Å². The molecule has 1 aliphatic heterocycles. The lowest BCUT2D eigenvalue weighted by Crippen LogP contribution is -2.31. The van der Waals surface area contributed by atoms with E-state index >= 15 is 0 Å². The molecule has 2 nitrogen and oxygen atoms in total. The Hall–Kier alpha value is -0.340. The Bertz CT molecular complexity index is 231. The van der Waals surface area contributed by atoms with Crippen LogP contribution in [-0.4, -0.2) is 18.2 Å². The quantitative estimate of drug-likeness (QED) is 0.743. The molecule has 0 aromatic heterocycles. The number of hydrogen-bond acceptors (Lipinski definition) is 2. The van der Waals surface area contributed by atoms with Crippen LogP contribution < -0.4 is 5.73 Å². The zero-order valence-electron chi connectivity index (χ0n) is 10.3. The van der Waals surface area contributed by atoms with Gasteiger partial charge in [-0.05, 0) is 45.1 Å². The van der Waals surface area contributed by atoms with E-state index in [0.717, 1.165) is 19.4 Å². The van der Waals surface area contributed by atoms with E-state index in [0.29, 0.717) is 6.10 Å². The van der Waals surface area contributed by atoms with Crippen LogP contribution in [0.2, 0.25) is 0 Å². The average molecular weight is 223 g/mol. The van der Waals surface area contributed by atoms with Gasteiger partial charge in [0.15, 0.2) is 0 Å². The summed E-state index contributed by atoms with van der Waals surface area (Å²) in [5.74, 6) is 0. The first-order valence-electron chi connectivity index (χ1n) is 6.88. The molecule has 16 heavy (non-hydrogen) atoms. The molecule has 2 aliphatic rings. The van der Waals surface area contributed by atoms with Gasteiger partial charge in [-0.25, -0.2) is 0 Å². The molecule has 2 heteroatoms. The molecule has 1 aliphatic carbocycles. The van der Waals surface area contributed by atoms with Gasteiger partial charge in [0.25, 0.3) is 0 Å². The Morgan fingerprint density at radius 3 is 2.69 bits per heavy atom. The van der Waals surface area contributed by atoms with E-state index in [1.54, 1.807) is 0 Å². The zero-order valence-corrected chi connectivity index (χ0v) is 10.3. The molecule has 2 fully saturated rings. The third-order valence-corrected chi connectivity index (χ3v) is 4.00. The standard InChI is InChI=1S/C14H25NO/c15-12-6-1-3-7-13-8-11-14(16-13)9-4-2-5-10-14/h1,3,13H,2,4-12,15H2/b3-1+. The summed E-state index contributed by atoms with van der Waals surface area (Å²) in [6.07, 6.45) is 16.3. The first kappa shape index (κ1) is 12.1. The number of ether oxygens (including phenoxy) is 1. The second-order valence-electron chi connectivity index (χ2n) is 5.31. The van der Waals surface area contributed by atoms with Crippen LogP contribution in [0.4, 0.5) is 0 Å². The highest BCUT2D eigenvalue weighted by molar-refractivity contribution is 4.94. The fourth-order valence-electron chi connectivity index (χ4n) is 3.09. The molecule has 2 N–H and O–H groups in total. The van der Waals surface area contributed by atoms with E-state index in [-0.39, 0.29) is 5.60 Å². The van der Waals surface area contributed by atoms with Crippen LogP contribution in [0.5, 0.6) is 0 Å². The summed E-state index contributed by atoms with van der Waals surface area (Å²) in [4.78, 5) is 0. The lowest BCUT2D eigenvalue weighted by Gasteiger charge is -2.33. The second kappa shape index (κ2) is 5.83. The van der Waals surface area contributed by atoms with Crippen LogP contribution in [0.1, 0.15) is 57.8 Å². The van der Waals surface area contributed by atoms with Gasteiger partial charge in [0.1, 0.15) is 0 Å². The van der Waals surface area contributed by atoms with E-state index in [1.165, 1.54) is 44.9 Å². The van der Waals surface area contributed by atoms with Crippen molar-refractivity contribution in [3.63, 3.8) is 0 Å². The molecule has 1 unspecified atom stereocenters. The molecule has 2 rings (SSSR count). The van der Waals surface area contributed by atoms with E-state index in [9.17, 15) is 0 Å². The van der Waals surface area contributed by atoms with Gasteiger partial charge in [-0.15, -0.1) is 0 Å². The van der Waals surface area contributed by atoms with Gasteiger partial charge < -0.3 is 10.5 Å². The summed E-state index contributed by atoms with van der Waals surface area (Å²) in [6.45, 7) is 0.756. The summed E-state index contributed by atoms with van der Waals surface area (Å²) >= 11 is 0. The van der Waals surface area contributed by atoms with Crippen LogP contribution in [0, 0.1) is 0 Å². The van der Waals surface area contributed by atoms with E-state index in [1.807, 2.05) is 0 Å². The molecule has 0 aromatic carbocycles. The molecule has 0 aromatic rings. The maximum absolute atomic E-state index is 6.29. The Kier molecular flexibility index (Phi) is 4.42. The first-order valence-corrected chi connectivity index (χ1v) is 6.88. The summed E-state index contributed by atoms with van der Waals surface area (Å²) in [5, 5.41) is 0. The van der Waals surface area contributed by atoms with Gasteiger partial charge >= 0.3 is 0 Å². The normalized spacial score (nSPS) is 29.2. The minimum absolute atomic E-state index is 0.282. The van der Waals surface area contributed by atoms with Crippen molar-refractivity contribution in [2.24, 2.45) is 5.73 Å². The molecule has 1 saturated heterocycles. The topological polar surface area (TPSA) is 35.2 Å². The highest BCUT2D eigenvalue weighted by Gasteiger charge is 2.40. The smallest absolute Gasteiger partial charge is 0.0687 e. The predicted octanol–water partition coefficient (Wildman–Crippen LogP) is 3.16. The summed E-state index contributed by atoms with van der Waals surface area (Å²) in [5.41, 5.74) is 5.73. The minimum atomic E-state index is 0.282. The lowest BCUT2D eigenvalue weighted by molar-refractivity contribution is -0.0620. The molecule has 92 valence electrons. The van der Waals surface area contributed by atoms with Crippen molar-refractivity contribution in [2.45, 2.75) is 69.5 Å². The number of nitrogens with two attached hydrogens (primary N) is 1. The SMILES string of the molecule is NCC/C=C/CC1CCC2(CCCCC2)O1. The zero-order chi connectivity index (χ0) is 11.3. The van der Waals surface area contributed by atoms with Crippen LogP contribution in [0.3, 0.4) is 0 Å². The van der Waals surface area contributed by atoms with Gasteiger partial charge in [-0.2, -0.15) is 0 Å². The van der Waals surface area contributed by atoms with Crippen LogP contribution >= 0.6 is 0 Å². The molecular weight excluding hydrogens is 198 g/mol. The van der Waals surface area contributed by atoms with Crippen LogP contribution in [0.25, 0.3) is 0 Å². The average Bonchev–Trinajstić information content (AvgIpc) is 2.69. The highest BCUT2D eigenvalue weighted by Crippen LogP contribution is 2.42. The minimum Gasteiger partial charge on any atom is -0.371 e. The lowest BCUT2D eigenvalue weighted by atomic mass is 9.83. The Morgan fingerprint density at radius 2 is 1.94 bits per heavy atom. The third kappa shape index (κ3) is 3.08. The molecule has 0 bridgehead atoms. The van der Waals surface area contributed by atoms with Crippen LogP contribution in [-0.2, 0) is 4.74 Å². The molecule has 0 radical (unpaired) electrons. The van der Waals surface area contributed by atoms with Crippen molar-refractivity contribution in [1.82, 2.24) is 0 Å². The summed E-state index contributed by atoms with van der Waals surface area (Å²) in [6, 6.07) is 0. The van der Waals surface area contributed by atoms with Gasteiger partial charge in [0.2, 0.25) is 0 Å². The monoisotopic (exact) mass is 223 g/mol. The van der Waals surface area contributed by atoms with Crippen molar-refractivity contribution in [3.8, 4) is 0 Å². The Balaban J connectivity index is 1.74. The van der Waals surface area contributed by atoms with Crippen molar-refractivity contribution >= 4 is 0 Å². The molecule has 1 spiro atoms. The number of rotatable bonds is 4. The molecule has 1 heterocycles. The Morgan fingerprint density at radius 1 is 1.12 bits per heavy atom. The third-order valence-electron chi connectivity index (χ3n) is 4.00. The van der Waals surface area contributed by atoms with Crippen molar-refractivity contribution in [2.75, 3.05) is 6.54 Å². The fourth-order valence-corrected chi connectivity index (χ4v) is 3.09. The van der Waals surface area contributed by atoms with Gasteiger partial charge in [0, 0.05) is 0 Å². The molecule has 1 saturated carbocycles. The van der Waals surface area contributed by atoms with Gasteiger partial charge in [-0.3, -0.25) is 0 Å². The summed E-state index contributed by atoms with van der Waals surface area (Å²) < 4.78 is 6.29. The Labute approximate surface area is 99.2 Å².